The summed E-state index contributed by atoms with van der Waals surface area (Å²) in [5.41, 5.74) is 0.498. The average Bonchev–Trinajstić information content (AvgIpc) is 3.08. The highest BCUT2D eigenvalue weighted by Crippen LogP contribution is 2.47. The zero-order valence-corrected chi connectivity index (χ0v) is 20.5. The molecule has 0 aliphatic carbocycles. The Morgan fingerprint density at radius 1 is 0.909 bits per heavy atom. The largest absolute Gasteiger partial charge is 0.265 e. The molecule has 3 aromatic rings. The molecular weight excluding hydrogens is 487 g/mol. The van der Waals surface area contributed by atoms with E-state index in [1.165, 1.54) is 48.7 Å². The quantitative estimate of drug-likeness (QED) is 0.516. The van der Waals surface area contributed by atoms with Gasteiger partial charge in [-0.05, 0) is 55.0 Å². The maximum Gasteiger partial charge on any atom is 0.264 e. The van der Waals surface area contributed by atoms with E-state index in [9.17, 15) is 21.2 Å². The van der Waals surface area contributed by atoms with Crippen molar-refractivity contribution in [2.24, 2.45) is 0 Å². The van der Waals surface area contributed by atoms with E-state index < -0.39 is 31.3 Å². The number of anilines is 1. The van der Waals surface area contributed by atoms with Crippen molar-refractivity contribution in [3.63, 3.8) is 0 Å². The predicted molar refractivity (Wildman–Crippen MR) is 126 cm³/mol. The molecule has 3 aromatic carbocycles. The monoisotopic (exact) mass is 508 g/mol. The fraction of sp³-hybridized carbons (Fsp3) is 0.217. The molecule has 0 N–H and O–H groups in total. The van der Waals surface area contributed by atoms with Crippen LogP contribution >= 0.6 is 11.6 Å². The fourth-order valence-electron chi connectivity index (χ4n) is 4.12. The Kier molecular flexibility index (Phi) is 5.81. The molecule has 1 aliphatic heterocycles. The Labute approximate surface area is 198 Å². The van der Waals surface area contributed by atoms with E-state index in [0.717, 1.165) is 4.31 Å². The second-order valence-electron chi connectivity index (χ2n) is 8.24. The number of hydrogen-bond donors (Lipinski definition) is 0. The van der Waals surface area contributed by atoms with Crippen molar-refractivity contribution in [1.29, 1.82) is 0 Å². The van der Waals surface area contributed by atoms with Gasteiger partial charge in [0.15, 0.2) is 0 Å². The van der Waals surface area contributed by atoms with Crippen LogP contribution < -0.4 is 4.31 Å². The smallest absolute Gasteiger partial charge is 0.264 e. The molecule has 1 heterocycles. The third-order valence-electron chi connectivity index (χ3n) is 5.94. The summed E-state index contributed by atoms with van der Waals surface area (Å²) in [4.78, 5) is -0.0721. The molecule has 0 aromatic heterocycles. The molecule has 4 rings (SSSR count). The number of sulfonamides is 2. The van der Waals surface area contributed by atoms with Crippen LogP contribution in [0.3, 0.4) is 0 Å². The second-order valence-corrected chi connectivity index (χ2v) is 12.7. The van der Waals surface area contributed by atoms with Crippen molar-refractivity contribution in [1.82, 2.24) is 4.31 Å². The SMILES string of the molecule is CN(C)S(=O)(=O)c1ccc(S(=O)(=O)N2C[C@](C)(c3ccc(Cl)cc3F)c3ccccc32)cc1. The van der Waals surface area contributed by atoms with E-state index in [0.29, 0.717) is 16.8 Å². The van der Waals surface area contributed by atoms with Gasteiger partial charge < -0.3 is 0 Å². The van der Waals surface area contributed by atoms with Gasteiger partial charge in [-0.15, -0.1) is 0 Å². The summed E-state index contributed by atoms with van der Waals surface area (Å²) in [6.07, 6.45) is 0. The van der Waals surface area contributed by atoms with E-state index in [1.807, 2.05) is 0 Å². The lowest BCUT2D eigenvalue weighted by Gasteiger charge is -2.27. The van der Waals surface area contributed by atoms with E-state index in [4.69, 9.17) is 11.6 Å². The Balaban J connectivity index is 1.80. The van der Waals surface area contributed by atoms with E-state index >= 15 is 0 Å². The van der Waals surface area contributed by atoms with Gasteiger partial charge in [0, 0.05) is 36.6 Å². The summed E-state index contributed by atoms with van der Waals surface area (Å²) in [5.74, 6) is -0.516. The maximum atomic E-state index is 14.9. The summed E-state index contributed by atoms with van der Waals surface area (Å²) in [7, 11) is -4.95. The van der Waals surface area contributed by atoms with Gasteiger partial charge >= 0.3 is 0 Å². The minimum absolute atomic E-state index is 0.0126. The number of benzene rings is 3. The third-order valence-corrected chi connectivity index (χ3v) is 9.78. The van der Waals surface area contributed by atoms with Crippen LogP contribution in [0.2, 0.25) is 5.02 Å². The Bertz CT molecular complexity index is 1440. The van der Waals surface area contributed by atoms with Crippen LogP contribution in [0, 0.1) is 5.82 Å². The van der Waals surface area contributed by atoms with Gasteiger partial charge in [0.1, 0.15) is 5.82 Å². The van der Waals surface area contributed by atoms with Gasteiger partial charge in [-0.25, -0.2) is 25.5 Å². The van der Waals surface area contributed by atoms with Gasteiger partial charge in [-0.1, -0.05) is 35.9 Å². The normalized spacial score (nSPS) is 18.5. The first-order valence-electron chi connectivity index (χ1n) is 9.99. The summed E-state index contributed by atoms with van der Waals surface area (Å²) < 4.78 is 69.1. The topological polar surface area (TPSA) is 74.8 Å². The van der Waals surface area contributed by atoms with Crippen LogP contribution in [0.25, 0.3) is 0 Å². The Hall–Kier alpha value is -2.46. The van der Waals surface area contributed by atoms with Crippen LogP contribution in [-0.2, 0) is 25.5 Å². The summed E-state index contributed by atoms with van der Waals surface area (Å²) in [6.45, 7) is 1.77. The Morgan fingerprint density at radius 2 is 1.52 bits per heavy atom. The highest BCUT2D eigenvalue weighted by molar-refractivity contribution is 7.93. The van der Waals surface area contributed by atoms with Crippen molar-refractivity contribution in [3.8, 4) is 0 Å². The number of nitrogens with zero attached hydrogens (tertiary/aromatic N) is 2. The minimum Gasteiger partial charge on any atom is -0.265 e. The summed E-state index contributed by atoms with van der Waals surface area (Å²) >= 11 is 5.92. The molecule has 33 heavy (non-hydrogen) atoms. The van der Waals surface area contributed by atoms with Crippen LogP contribution in [0.5, 0.6) is 0 Å². The number of para-hydroxylation sites is 1. The van der Waals surface area contributed by atoms with Crippen molar-refractivity contribution >= 4 is 37.3 Å². The molecule has 0 amide bonds. The summed E-state index contributed by atoms with van der Waals surface area (Å²) in [5, 5.41) is 0.253. The molecule has 0 bridgehead atoms. The molecule has 174 valence electrons. The summed E-state index contributed by atoms with van der Waals surface area (Å²) in [6, 6.07) is 16.4. The van der Waals surface area contributed by atoms with Crippen LogP contribution in [0.1, 0.15) is 18.1 Å². The molecule has 0 unspecified atom stereocenters. The number of hydrogen-bond acceptors (Lipinski definition) is 4. The van der Waals surface area contributed by atoms with Crippen LogP contribution in [-0.4, -0.2) is 41.8 Å². The van der Waals surface area contributed by atoms with Gasteiger partial charge in [0.2, 0.25) is 10.0 Å². The molecule has 0 spiro atoms. The maximum absolute atomic E-state index is 14.9. The van der Waals surface area contributed by atoms with Crippen LogP contribution in [0.15, 0.2) is 76.5 Å². The lowest BCUT2D eigenvalue weighted by Crippen LogP contribution is -2.36. The first-order chi connectivity index (χ1) is 15.4. The first kappa shape index (κ1) is 23.7. The fourth-order valence-corrected chi connectivity index (χ4v) is 6.76. The second kappa shape index (κ2) is 8.09. The third kappa shape index (κ3) is 3.82. The van der Waals surface area contributed by atoms with E-state index in [1.54, 1.807) is 43.3 Å². The molecular formula is C23H22ClFN2O4S2. The molecule has 6 nitrogen and oxygen atoms in total. The zero-order chi connectivity index (χ0) is 24.2. The molecule has 1 atom stereocenters. The lowest BCUT2D eigenvalue weighted by molar-refractivity contribution is 0.520. The first-order valence-corrected chi connectivity index (χ1v) is 13.3. The van der Waals surface area contributed by atoms with Crippen LogP contribution in [0.4, 0.5) is 10.1 Å². The highest BCUT2D eigenvalue weighted by atomic mass is 35.5. The molecule has 0 radical (unpaired) electrons. The zero-order valence-electron chi connectivity index (χ0n) is 18.2. The van der Waals surface area contributed by atoms with Crippen molar-refractivity contribution in [2.75, 3.05) is 24.9 Å². The van der Waals surface area contributed by atoms with E-state index in [2.05, 4.69) is 0 Å². The number of fused-ring (bicyclic) bond motifs is 1. The van der Waals surface area contributed by atoms with Gasteiger partial charge in [-0.3, -0.25) is 4.31 Å². The van der Waals surface area contributed by atoms with Gasteiger partial charge in [0.25, 0.3) is 10.0 Å². The lowest BCUT2D eigenvalue weighted by atomic mass is 9.78. The number of halogens is 2. The van der Waals surface area contributed by atoms with Crippen molar-refractivity contribution in [3.05, 3.63) is 88.7 Å². The molecule has 0 saturated heterocycles. The van der Waals surface area contributed by atoms with E-state index in [-0.39, 0.29) is 21.4 Å². The minimum atomic E-state index is -4.06. The molecule has 10 heteroatoms. The highest BCUT2D eigenvalue weighted by Gasteiger charge is 2.46. The number of rotatable bonds is 5. The van der Waals surface area contributed by atoms with Crippen molar-refractivity contribution < 1.29 is 21.2 Å². The van der Waals surface area contributed by atoms with Gasteiger partial charge in [-0.2, -0.15) is 0 Å². The molecule has 0 saturated carbocycles. The molecule has 0 fully saturated rings. The Morgan fingerprint density at radius 3 is 2.12 bits per heavy atom. The van der Waals surface area contributed by atoms with Crippen molar-refractivity contribution in [2.45, 2.75) is 22.1 Å². The van der Waals surface area contributed by atoms with Gasteiger partial charge in [0.05, 0.1) is 15.5 Å². The standard InChI is InChI=1S/C23H22ClFN2O4S2/c1-23(19-13-8-16(24)14-21(19)25)15-27(22-7-5-4-6-20(22)23)33(30,31)18-11-9-17(10-12-18)32(28,29)26(2)3/h4-14H,15H2,1-3H3/t23-/m1/s1. The average molecular weight is 509 g/mol. The predicted octanol–water partition coefficient (Wildman–Crippen LogP) is 4.24. The molecule has 1 aliphatic rings.